The van der Waals surface area contributed by atoms with E-state index in [0.29, 0.717) is 17.4 Å². The van der Waals surface area contributed by atoms with Gasteiger partial charge in [-0.1, -0.05) is 18.2 Å². The van der Waals surface area contributed by atoms with E-state index < -0.39 is 5.97 Å². The van der Waals surface area contributed by atoms with Crippen LogP contribution >= 0.6 is 0 Å². The van der Waals surface area contributed by atoms with Crippen LogP contribution < -0.4 is 9.64 Å². The van der Waals surface area contributed by atoms with Crippen LogP contribution in [0.15, 0.2) is 48.5 Å². The minimum Gasteiger partial charge on any atom is -0.422 e. The van der Waals surface area contributed by atoms with Gasteiger partial charge in [-0.15, -0.1) is 0 Å². The van der Waals surface area contributed by atoms with E-state index >= 15 is 0 Å². The molecular weight excluding hydrogens is 278 g/mol. The highest BCUT2D eigenvalue weighted by Crippen LogP contribution is 2.25. The molecule has 114 valence electrons. The summed E-state index contributed by atoms with van der Waals surface area (Å²) in [6.45, 7) is 5.77. The molecule has 2 rings (SSSR count). The first-order chi connectivity index (χ1) is 10.7. The summed E-state index contributed by atoms with van der Waals surface area (Å²) in [6.07, 6.45) is 0.694. The number of hydrogen-bond donors (Lipinski definition) is 0. The largest absolute Gasteiger partial charge is 0.422 e. The maximum atomic E-state index is 12.2. The van der Waals surface area contributed by atoms with Crippen molar-refractivity contribution in [2.75, 3.05) is 18.0 Å². The second kappa shape index (κ2) is 7.41. The Morgan fingerprint density at radius 1 is 1.09 bits per heavy atom. The third kappa shape index (κ3) is 3.52. The number of nitrogens with zero attached hydrogens (tertiary/aromatic N) is 1. The van der Waals surface area contributed by atoms with Crippen LogP contribution in [-0.2, 0) is 0 Å². The molecule has 0 atom stereocenters. The number of anilines is 1. The van der Waals surface area contributed by atoms with Crippen molar-refractivity contribution in [1.29, 1.82) is 0 Å². The smallest absolute Gasteiger partial charge is 0.343 e. The molecule has 4 nitrogen and oxygen atoms in total. The van der Waals surface area contributed by atoms with Crippen LogP contribution in [0.5, 0.6) is 5.75 Å². The highest BCUT2D eigenvalue weighted by molar-refractivity contribution is 5.92. The molecule has 0 aliphatic carbocycles. The van der Waals surface area contributed by atoms with Gasteiger partial charge in [0.1, 0.15) is 5.75 Å². The fourth-order valence-electron chi connectivity index (χ4n) is 2.23. The Balaban J connectivity index is 2.30. The van der Waals surface area contributed by atoms with Gasteiger partial charge in [0.15, 0.2) is 6.29 Å². The summed E-state index contributed by atoms with van der Waals surface area (Å²) in [5.74, 6) is -0.186. The molecule has 2 aromatic carbocycles. The van der Waals surface area contributed by atoms with E-state index in [1.165, 1.54) is 0 Å². The highest BCUT2D eigenvalue weighted by atomic mass is 16.5. The first-order valence-electron chi connectivity index (χ1n) is 7.31. The first kappa shape index (κ1) is 15.8. The van der Waals surface area contributed by atoms with Gasteiger partial charge in [0.05, 0.1) is 11.1 Å². The summed E-state index contributed by atoms with van der Waals surface area (Å²) < 4.78 is 5.41. The lowest BCUT2D eigenvalue weighted by Gasteiger charge is -2.21. The van der Waals surface area contributed by atoms with Gasteiger partial charge in [-0.3, -0.25) is 4.79 Å². The Morgan fingerprint density at radius 2 is 1.77 bits per heavy atom. The molecule has 4 heteroatoms. The van der Waals surface area contributed by atoms with E-state index in [2.05, 4.69) is 4.90 Å². The summed E-state index contributed by atoms with van der Waals surface area (Å²) in [5, 5.41) is 0. The molecule has 0 aliphatic heterocycles. The van der Waals surface area contributed by atoms with Gasteiger partial charge < -0.3 is 9.64 Å². The summed E-state index contributed by atoms with van der Waals surface area (Å²) >= 11 is 0. The summed E-state index contributed by atoms with van der Waals surface area (Å²) in [6, 6.07) is 14.0. The maximum absolute atomic E-state index is 12.2. The van der Waals surface area contributed by atoms with E-state index in [1.54, 1.807) is 36.4 Å². The molecule has 0 fully saturated rings. The number of rotatable bonds is 6. The van der Waals surface area contributed by atoms with Gasteiger partial charge in [-0.2, -0.15) is 0 Å². The Labute approximate surface area is 130 Å². The predicted molar refractivity (Wildman–Crippen MR) is 86.8 cm³/mol. The van der Waals surface area contributed by atoms with Crippen molar-refractivity contribution in [3.63, 3.8) is 0 Å². The molecule has 0 aliphatic rings. The molecule has 0 radical (unpaired) electrons. The van der Waals surface area contributed by atoms with Crippen molar-refractivity contribution in [3.05, 3.63) is 59.7 Å². The van der Waals surface area contributed by atoms with E-state index in [-0.39, 0.29) is 5.75 Å². The zero-order chi connectivity index (χ0) is 15.9. The van der Waals surface area contributed by atoms with Gasteiger partial charge in [0.2, 0.25) is 0 Å². The SMILES string of the molecule is CCN(CC)c1ccc(C=O)c(OC(=O)c2ccccc2)c1. The van der Waals surface area contributed by atoms with E-state index in [9.17, 15) is 9.59 Å². The minimum absolute atomic E-state index is 0.285. The van der Waals surface area contributed by atoms with Crippen molar-refractivity contribution in [2.45, 2.75) is 13.8 Å². The lowest BCUT2D eigenvalue weighted by atomic mass is 10.1. The standard InChI is InChI=1S/C18H19NO3/c1-3-19(4-2)16-11-10-15(13-20)17(12-16)22-18(21)14-8-6-5-7-9-14/h5-13H,3-4H2,1-2H3. The van der Waals surface area contributed by atoms with Gasteiger partial charge in [0, 0.05) is 24.8 Å². The van der Waals surface area contributed by atoms with Gasteiger partial charge in [0.25, 0.3) is 0 Å². The van der Waals surface area contributed by atoms with Crippen LogP contribution in [0.3, 0.4) is 0 Å². The van der Waals surface area contributed by atoms with E-state index in [4.69, 9.17) is 4.74 Å². The fraction of sp³-hybridized carbons (Fsp3) is 0.222. The van der Waals surface area contributed by atoms with Crippen LogP contribution in [0, 0.1) is 0 Å². The molecule has 0 amide bonds. The highest BCUT2D eigenvalue weighted by Gasteiger charge is 2.13. The number of carbonyl (C=O) groups is 2. The van der Waals surface area contributed by atoms with E-state index in [1.807, 2.05) is 26.0 Å². The second-order valence-corrected chi connectivity index (χ2v) is 4.77. The zero-order valence-corrected chi connectivity index (χ0v) is 12.8. The van der Waals surface area contributed by atoms with Crippen LogP contribution in [0.4, 0.5) is 5.69 Å². The quantitative estimate of drug-likeness (QED) is 0.464. The average molecular weight is 297 g/mol. The van der Waals surface area contributed by atoms with Crippen molar-refractivity contribution in [2.24, 2.45) is 0 Å². The lowest BCUT2D eigenvalue weighted by molar-refractivity contribution is 0.0733. The maximum Gasteiger partial charge on any atom is 0.343 e. The number of aldehydes is 1. The predicted octanol–water partition coefficient (Wildman–Crippen LogP) is 3.56. The summed E-state index contributed by atoms with van der Waals surface area (Å²) in [5.41, 5.74) is 1.74. The second-order valence-electron chi connectivity index (χ2n) is 4.77. The number of hydrogen-bond acceptors (Lipinski definition) is 4. The number of esters is 1. The topological polar surface area (TPSA) is 46.6 Å². The molecule has 0 heterocycles. The van der Waals surface area contributed by atoms with Gasteiger partial charge in [-0.05, 0) is 38.1 Å². The van der Waals surface area contributed by atoms with Crippen molar-refractivity contribution < 1.29 is 14.3 Å². The molecular formula is C18H19NO3. The zero-order valence-electron chi connectivity index (χ0n) is 12.8. The van der Waals surface area contributed by atoms with Crippen molar-refractivity contribution in [3.8, 4) is 5.75 Å². The van der Waals surface area contributed by atoms with Crippen LogP contribution in [0.1, 0.15) is 34.6 Å². The van der Waals surface area contributed by atoms with Gasteiger partial charge in [-0.25, -0.2) is 4.79 Å². The molecule has 0 aromatic heterocycles. The molecule has 0 saturated carbocycles. The lowest BCUT2D eigenvalue weighted by Crippen LogP contribution is -2.22. The third-order valence-corrected chi connectivity index (χ3v) is 3.46. The molecule has 0 bridgehead atoms. The van der Waals surface area contributed by atoms with Crippen LogP contribution in [0.25, 0.3) is 0 Å². The molecule has 0 N–H and O–H groups in total. The number of ether oxygens (including phenoxy) is 1. The molecule has 0 spiro atoms. The Kier molecular flexibility index (Phi) is 5.31. The Bertz CT molecular complexity index is 649. The molecule has 22 heavy (non-hydrogen) atoms. The third-order valence-electron chi connectivity index (χ3n) is 3.46. The van der Waals surface area contributed by atoms with E-state index in [0.717, 1.165) is 18.8 Å². The normalized spacial score (nSPS) is 10.1. The summed E-state index contributed by atoms with van der Waals surface area (Å²) in [7, 11) is 0. The Hall–Kier alpha value is -2.62. The van der Waals surface area contributed by atoms with Crippen LogP contribution in [0.2, 0.25) is 0 Å². The molecule has 0 unspecified atom stereocenters. The number of carbonyl (C=O) groups excluding carboxylic acids is 2. The van der Waals surface area contributed by atoms with Crippen LogP contribution in [-0.4, -0.2) is 25.3 Å². The average Bonchev–Trinajstić information content (AvgIpc) is 2.57. The number of benzene rings is 2. The van der Waals surface area contributed by atoms with Gasteiger partial charge >= 0.3 is 5.97 Å². The monoisotopic (exact) mass is 297 g/mol. The first-order valence-corrected chi connectivity index (χ1v) is 7.31. The fourth-order valence-corrected chi connectivity index (χ4v) is 2.23. The van der Waals surface area contributed by atoms with Crippen molar-refractivity contribution in [1.82, 2.24) is 0 Å². The minimum atomic E-state index is -0.472. The Morgan fingerprint density at radius 3 is 2.36 bits per heavy atom. The molecule has 2 aromatic rings. The van der Waals surface area contributed by atoms with Crippen molar-refractivity contribution >= 4 is 17.9 Å². The molecule has 0 saturated heterocycles. The summed E-state index contributed by atoms with van der Waals surface area (Å²) in [4.78, 5) is 25.4.